The van der Waals surface area contributed by atoms with E-state index in [1.54, 1.807) is 0 Å². The molecule has 1 aliphatic heterocycles. The van der Waals surface area contributed by atoms with Crippen molar-refractivity contribution in [2.24, 2.45) is 0 Å². The van der Waals surface area contributed by atoms with Gasteiger partial charge < -0.3 is 10.0 Å². The van der Waals surface area contributed by atoms with Gasteiger partial charge in [-0.3, -0.25) is 4.72 Å². The average molecular weight is 360 g/mol. The Balaban J connectivity index is 2.02. The van der Waals surface area contributed by atoms with E-state index >= 15 is 0 Å². The van der Waals surface area contributed by atoms with Gasteiger partial charge in [0.1, 0.15) is 5.75 Å². The molecule has 2 N–H and O–H groups in total. The standard InChI is InChI=1S/C19H24N2O3S/c1-13-12-14(2)19(21-10-4-5-11-21)15(3)18(13)20-25(23,24)17-8-6-16(22)7-9-17/h6-9,12,20,22H,4-5,10-11H2,1-3H3. The minimum absolute atomic E-state index is 0.0398. The summed E-state index contributed by atoms with van der Waals surface area (Å²) in [4.78, 5) is 2.47. The predicted octanol–water partition coefficient (Wildman–Crippen LogP) is 3.72. The third-order valence-corrected chi connectivity index (χ3v) is 6.10. The van der Waals surface area contributed by atoms with Crippen molar-refractivity contribution < 1.29 is 13.5 Å². The number of hydrogen-bond acceptors (Lipinski definition) is 4. The maximum absolute atomic E-state index is 12.7. The van der Waals surface area contributed by atoms with Crippen LogP contribution in [0.4, 0.5) is 11.4 Å². The molecule has 134 valence electrons. The molecule has 3 rings (SSSR count). The minimum Gasteiger partial charge on any atom is -0.508 e. The first kappa shape index (κ1) is 17.6. The van der Waals surface area contributed by atoms with E-state index < -0.39 is 10.0 Å². The van der Waals surface area contributed by atoms with Crippen molar-refractivity contribution in [3.63, 3.8) is 0 Å². The number of benzene rings is 2. The number of rotatable bonds is 4. The first-order valence-corrected chi connectivity index (χ1v) is 9.95. The van der Waals surface area contributed by atoms with Gasteiger partial charge in [0, 0.05) is 18.8 Å². The number of sulfonamides is 1. The Kier molecular flexibility index (Phi) is 4.64. The van der Waals surface area contributed by atoms with Gasteiger partial charge in [-0.1, -0.05) is 6.07 Å². The number of phenols is 1. The van der Waals surface area contributed by atoms with Crippen molar-refractivity contribution in [3.8, 4) is 5.75 Å². The Labute approximate surface area is 149 Å². The summed E-state index contributed by atoms with van der Waals surface area (Å²) in [5.74, 6) is 0.0398. The number of phenolic OH excluding ortho intramolecular Hbond substituents is 1. The van der Waals surface area contributed by atoms with Gasteiger partial charge in [-0.25, -0.2) is 8.42 Å². The lowest BCUT2D eigenvalue weighted by Crippen LogP contribution is -2.22. The molecule has 6 heteroatoms. The molecule has 0 unspecified atom stereocenters. The quantitative estimate of drug-likeness (QED) is 0.872. The van der Waals surface area contributed by atoms with E-state index in [1.807, 2.05) is 19.9 Å². The number of hydrogen-bond donors (Lipinski definition) is 2. The second kappa shape index (κ2) is 6.59. The van der Waals surface area contributed by atoms with Crippen molar-refractivity contribution in [2.75, 3.05) is 22.7 Å². The number of aryl methyl sites for hydroxylation is 2. The molecule has 2 aromatic carbocycles. The number of nitrogens with zero attached hydrogens (tertiary/aromatic N) is 1. The number of nitrogens with one attached hydrogen (secondary N) is 1. The van der Waals surface area contributed by atoms with Crippen LogP contribution in [0.25, 0.3) is 0 Å². The zero-order valence-electron chi connectivity index (χ0n) is 14.8. The summed E-state index contributed by atoms with van der Waals surface area (Å²) in [6.07, 6.45) is 2.34. The van der Waals surface area contributed by atoms with E-state index in [1.165, 1.54) is 42.7 Å². The van der Waals surface area contributed by atoms with Gasteiger partial charge in [-0.2, -0.15) is 0 Å². The fourth-order valence-electron chi connectivity index (χ4n) is 3.58. The summed E-state index contributed by atoms with van der Waals surface area (Å²) >= 11 is 0. The van der Waals surface area contributed by atoms with E-state index in [-0.39, 0.29) is 10.6 Å². The van der Waals surface area contributed by atoms with Gasteiger partial charge in [-0.05, 0) is 74.6 Å². The van der Waals surface area contributed by atoms with Crippen LogP contribution in [0.15, 0.2) is 35.2 Å². The Morgan fingerprint density at radius 1 is 1.00 bits per heavy atom. The molecule has 0 aromatic heterocycles. The SMILES string of the molecule is Cc1cc(C)c(N2CCCC2)c(C)c1NS(=O)(=O)c1ccc(O)cc1. The molecule has 0 saturated carbocycles. The molecule has 2 aromatic rings. The van der Waals surface area contributed by atoms with Crippen LogP contribution in [0.1, 0.15) is 29.5 Å². The second-order valence-corrected chi connectivity index (χ2v) is 8.33. The smallest absolute Gasteiger partial charge is 0.261 e. The maximum atomic E-state index is 12.7. The van der Waals surface area contributed by atoms with Crippen LogP contribution >= 0.6 is 0 Å². The normalized spacial score (nSPS) is 14.8. The molecule has 0 atom stereocenters. The van der Waals surface area contributed by atoms with Crippen LogP contribution in [-0.4, -0.2) is 26.6 Å². The van der Waals surface area contributed by atoms with Gasteiger partial charge in [0.25, 0.3) is 10.0 Å². The van der Waals surface area contributed by atoms with E-state index in [9.17, 15) is 13.5 Å². The van der Waals surface area contributed by atoms with Gasteiger partial charge >= 0.3 is 0 Å². The third kappa shape index (κ3) is 3.44. The molecule has 0 bridgehead atoms. The number of anilines is 2. The molecule has 25 heavy (non-hydrogen) atoms. The number of aromatic hydroxyl groups is 1. The van der Waals surface area contributed by atoms with Crippen LogP contribution in [0, 0.1) is 20.8 Å². The van der Waals surface area contributed by atoms with Gasteiger partial charge in [-0.15, -0.1) is 0 Å². The second-order valence-electron chi connectivity index (χ2n) is 6.65. The lowest BCUT2D eigenvalue weighted by molar-refractivity contribution is 0.475. The first-order chi connectivity index (χ1) is 11.8. The summed E-state index contributed by atoms with van der Waals surface area (Å²) in [5.41, 5.74) is 4.80. The molecule has 0 radical (unpaired) electrons. The van der Waals surface area contributed by atoms with Crippen molar-refractivity contribution in [1.82, 2.24) is 0 Å². The van der Waals surface area contributed by atoms with E-state index in [0.29, 0.717) is 5.69 Å². The van der Waals surface area contributed by atoms with E-state index in [2.05, 4.69) is 16.5 Å². The zero-order valence-corrected chi connectivity index (χ0v) is 15.7. The Bertz CT molecular complexity index is 884. The van der Waals surface area contributed by atoms with Crippen LogP contribution in [-0.2, 0) is 10.0 Å². The molecule has 0 aliphatic carbocycles. The molecule has 0 amide bonds. The minimum atomic E-state index is -3.71. The van der Waals surface area contributed by atoms with Crippen LogP contribution in [0.3, 0.4) is 0 Å². The molecule has 5 nitrogen and oxygen atoms in total. The van der Waals surface area contributed by atoms with Crippen molar-refractivity contribution in [2.45, 2.75) is 38.5 Å². The fraction of sp³-hybridized carbons (Fsp3) is 0.368. The van der Waals surface area contributed by atoms with Crippen LogP contribution in [0.5, 0.6) is 5.75 Å². The Morgan fingerprint density at radius 2 is 1.60 bits per heavy atom. The van der Waals surface area contributed by atoms with Crippen LogP contribution in [0.2, 0.25) is 0 Å². The van der Waals surface area contributed by atoms with Crippen molar-refractivity contribution in [3.05, 3.63) is 47.0 Å². The highest BCUT2D eigenvalue weighted by Gasteiger charge is 2.22. The van der Waals surface area contributed by atoms with E-state index in [0.717, 1.165) is 29.9 Å². The molecule has 1 aliphatic rings. The largest absolute Gasteiger partial charge is 0.508 e. The van der Waals surface area contributed by atoms with Crippen LogP contribution < -0.4 is 9.62 Å². The fourth-order valence-corrected chi connectivity index (χ4v) is 4.77. The third-order valence-electron chi connectivity index (χ3n) is 4.74. The summed E-state index contributed by atoms with van der Waals surface area (Å²) in [6, 6.07) is 7.59. The molecule has 1 heterocycles. The lowest BCUT2D eigenvalue weighted by Gasteiger charge is -2.26. The monoisotopic (exact) mass is 360 g/mol. The maximum Gasteiger partial charge on any atom is 0.261 e. The first-order valence-electron chi connectivity index (χ1n) is 8.47. The summed E-state index contributed by atoms with van der Waals surface area (Å²) in [5, 5.41) is 9.37. The molecule has 1 saturated heterocycles. The highest BCUT2D eigenvalue weighted by molar-refractivity contribution is 7.92. The van der Waals surface area contributed by atoms with E-state index in [4.69, 9.17) is 0 Å². The van der Waals surface area contributed by atoms with Gasteiger partial charge in [0.05, 0.1) is 10.6 Å². The van der Waals surface area contributed by atoms with Crippen molar-refractivity contribution in [1.29, 1.82) is 0 Å². The summed E-state index contributed by atoms with van der Waals surface area (Å²) < 4.78 is 28.2. The molecular formula is C19H24N2O3S. The molecule has 1 fully saturated rings. The Hall–Kier alpha value is -2.21. The lowest BCUT2D eigenvalue weighted by atomic mass is 10.0. The van der Waals surface area contributed by atoms with Gasteiger partial charge in [0.15, 0.2) is 0 Å². The summed E-state index contributed by atoms with van der Waals surface area (Å²) in [7, 11) is -3.71. The van der Waals surface area contributed by atoms with Gasteiger partial charge in [0.2, 0.25) is 0 Å². The summed E-state index contributed by atoms with van der Waals surface area (Å²) in [6.45, 7) is 7.99. The zero-order chi connectivity index (χ0) is 18.2. The van der Waals surface area contributed by atoms with Crippen molar-refractivity contribution >= 4 is 21.4 Å². The molecule has 0 spiro atoms. The highest BCUT2D eigenvalue weighted by atomic mass is 32.2. The molecular weight excluding hydrogens is 336 g/mol. The Morgan fingerprint density at radius 3 is 2.20 bits per heavy atom. The topological polar surface area (TPSA) is 69.6 Å². The average Bonchev–Trinajstić information content (AvgIpc) is 3.06. The highest BCUT2D eigenvalue weighted by Crippen LogP contribution is 2.36. The predicted molar refractivity (Wildman–Crippen MR) is 101 cm³/mol.